The molecule has 1 fully saturated rings. The van der Waals surface area contributed by atoms with Crippen LogP contribution >= 0.6 is 0 Å². The first-order valence-corrected chi connectivity index (χ1v) is 5.83. The van der Waals surface area contributed by atoms with E-state index in [-0.39, 0.29) is 0 Å². The van der Waals surface area contributed by atoms with Gasteiger partial charge in [0.15, 0.2) is 0 Å². The van der Waals surface area contributed by atoms with Crippen molar-refractivity contribution in [2.24, 2.45) is 0 Å². The predicted octanol–water partition coefficient (Wildman–Crippen LogP) is 3.27. The van der Waals surface area contributed by atoms with E-state index in [1.54, 1.807) is 12.1 Å². The molecular formula is C13H15F3N. The summed E-state index contributed by atoms with van der Waals surface area (Å²) in [5, 5.41) is 4.27. The van der Waals surface area contributed by atoms with Gasteiger partial charge in [-0.15, -0.1) is 0 Å². The first kappa shape index (κ1) is 12.4. The Hall–Kier alpha value is -1.03. The molecule has 0 aromatic heterocycles. The second-order valence-electron chi connectivity index (χ2n) is 4.48. The Labute approximate surface area is 99.0 Å². The molecule has 93 valence electrons. The smallest absolute Gasteiger partial charge is 0.242 e. The maximum absolute atomic E-state index is 12.2. The summed E-state index contributed by atoms with van der Waals surface area (Å²) in [6, 6.07) is 6.84. The lowest BCUT2D eigenvalue weighted by Gasteiger charge is -2.22. The number of nitrogens with zero attached hydrogens (tertiary/aromatic N) is 1. The van der Waals surface area contributed by atoms with Gasteiger partial charge in [0.1, 0.15) is 0 Å². The van der Waals surface area contributed by atoms with Crippen molar-refractivity contribution in [2.45, 2.75) is 31.4 Å². The SMILES string of the molecule is FC(F)(F)Cc1ccc(C2CC[N]CC2)cc1. The summed E-state index contributed by atoms with van der Waals surface area (Å²) in [6.45, 7) is 1.74. The van der Waals surface area contributed by atoms with E-state index in [1.807, 2.05) is 12.1 Å². The summed E-state index contributed by atoms with van der Waals surface area (Å²) in [7, 11) is 0. The normalized spacial score (nSPS) is 18.3. The number of rotatable bonds is 2. The molecule has 17 heavy (non-hydrogen) atoms. The van der Waals surface area contributed by atoms with E-state index in [1.165, 1.54) is 0 Å². The van der Waals surface area contributed by atoms with Crippen molar-refractivity contribution in [2.75, 3.05) is 13.1 Å². The largest absolute Gasteiger partial charge is 0.393 e. The van der Waals surface area contributed by atoms with E-state index in [0.29, 0.717) is 11.5 Å². The molecule has 0 atom stereocenters. The van der Waals surface area contributed by atoms with E-state index in [0.717, 1.165) is 31.5 Å². The average molecular weight is 242 g/mol. The molecule has 0 saturated carbocycles. The number of hydrogen-bond acceptors (Lipinski definition) is 0. The van der Waals surface area contributed by atoms with Gasteiger partial charge in [-0.3, -0.25) is 0 Å². The molecule has 0 bridgehead atoms. The van der Waals surface area contributed by atoms with Gasteiger partial charge in [0.05, 0.1) is 6.42 Å². The van der Waals surface area contributed by atoms with Crippen LogP contribution in [0.3, 0.4) is 0 Å². The Balaban J connectivity index is 2.02. The predicted molar refractivity (Wildman–Crippen MR) is 60.0 cm³/mol. The van der Waals surface area contributed by atoms with Crippen LogP contribution in [0, 0.1) is 0 Å². The van der Waals surface area contributed by atoms with E-state index in [9.17, 15) is 13.2 Å². The van der Waals surface area contributed by atoms with Crippen molar-refractivity contribution in [3.63, 3.8) is 0 Å². The van der Waals surface area contributed by atoms with Gasteiger partial charge >= 0.3 is 6.18 Å². The lowest BCUT2D eigenvalue weighted by molar-refractivity contribution is -0.127. The highest BCUT2D eigenvalue weighted by Gasteiger charge is 2.27. The quantitative estimate of drug-likeness (QED) is 0.755. The van der Waals surface area contributed by atoms with E-state index >= 15 is 0 Å². The fraction of sp³-hybridized carbons (Fsp3) is 0.538. The van der Waals surface area contributed by atoms with Crippen molar-refractivity contribution < 1.29 is 13.2 Å². The Morgan fingerprint density at radius 1 is 1.06 bits per heavy atom. The molecule has 1 aromatic rings. The van der Waals surface area contributed by atoms with Gasteiger partial charge in [-0.25, -0.2) is 5.32 Å². The highest BCUT2D eigenvalue weighted by molar-refractivity contribution is 5.26. The van der Waals surface area contributed by atoms with Crippen LogP contribution in [0.5, 0.6) is 0 Å². The molecule has 1 nitrogen and oxygen atoms in total. The molecule has 0 amide bonds. The van der Waals surface area contributed by atoms with Crippen molar-refractivity contribution in [3.8, 4) is 0 Å². The topological polar surface area (TPSA) is 14.1 Å². The number of benzene rings is 1. The molecule has 0 spiro atoms. The van der Waals surface area contributed by atoms with Crippen molar-refractivity contribution in [1.29, 1.82) is 0 Å². The highest BCUT2D eigenvalue weighted by atomic mass is 19.4. The van der Waals surface area contributed by atoms with Crippen molar-refractivity contribution in [1.82, 2.24) is 5.32 Å². The Morgan fingerprint density at radius 2 is 1.65 bits per heavy atom. The molecule has 1 aliphatic rings. The molecular weight excluding hydrogens is 227 g/mol. The molecule has 1 heterocycles. The molecule has 1 aromatic carbocycles. The van der Waals surface area contributed by atoms with Gasteiger partial charge in [-0.1, -0.05) is 24.3 Å². The molecule has 1 aliphatic heterocycles. The molecule has 0 aliphatic carbocycles. The standard InChI is InChI=1S/C13H15F3N/c14-13(15,16)9-10-1-3-11(4-2-10)12-5-7-17-8-6-12/h1-4,12H,5-9H2. The monoisotopic (exact) mass is 242 g/mol. The minimum Gasteiger partial charge on any atom is -0.242 e. The van der Waals surface area contributed by atoms with Crippen LogP contribution in [-0.2, 0) is 6.42 Å². The zero-order valence-electron chi connectivity index (χ0n) is 9.50. The Bertz CT molecular complexity index is 350. The van der Waals surface area contributed by atoms with Gasteiger partial charge in [0.2, 0.25) is 0 Å². The third-order valence-corrected chi connectivity index (χ3v) is 3.13. The van der Waals surface area contributed by atoms with Gasteiger partial charge in [-0.05, 0) is 29.9 Å². The van der Waals surface area contributed by atoms with Gasteiger partial charge in [0.25, 0.3) is 0 Å². The maximum atomic E-state index is 12.2. The summed E-state index contributed by atoms with van der Waals surface area (Å²) >= 11 is 0. The first-order chi connectivity index (χ1) is 8.04. The number of alkyl halides is 3. The second kappa shape index (κ2) is 5.08. The van der Waals surface area contributed by atoms with Crippen LogP contribution in [0.25, 0.3) is 0 Å². The Morgan fingerprint density at radius 3 is 2.18 bits per heavy atom. The summed E-state index contributed by atoms with van der Waals surface area (Å²) in [5.74, 6) is 0.465. The summed E-state index contributed by atoms with van der Waals surface area (Å²) < 4.78 is 36.6. The lowest BCUT2D eigenvalue weighted by Crippen LogP contribution is -2.21. The van der Waals surface area contributed by atoms with Gasteiger partial charge < -0.3 is 0 Å². The number of piperidine rings is 1. The summed E-state index contributed by atoms with van der Waals surface area (Å²) in [5.41, 5.74) is 1.48. The van der Waals surface area contributed by atoms with E-state index in [2.05, 4.69) is 5.32 Å². The van der Waals surface area contributed by atoms with Crippen LogP contribution in [0.4, 0.5) is 13.2 Å². The Kier molecular flexibility index (Phi) is 3.72. The van der Waals surface area contributed by atoms with Crippen molar-refractivity contribution >= 4 is 0 Å². The van der Waals surface area contributed by atoms with E-state index < -0.39 is 12.6 Å². The number of hydrogen-bond donors (Lipinski definition) is 0. The summed E-state index contributed by atoms with van der Waals surface area (Å²) in [4.78, 5) is 0. The first-order valence-electron chi connectivity index (χ1n) is 5.83. The molecule has 1 radical (unpaired) electrons. The summed E-state index contributed by atoms with van der Waals surface area (Å²) in [6.07, 6.45) is -2.93. The van der Waals surface area contributed by atoms with Gasteiger partial charge in [-0.2, -0.15) is 13.2 Å². The third kappa shape index (κ3) is 3.73. The zero-order valence-corrected chi connectivity index (χ0v) is 9.50. The molecule has 2 rings (SSSR count). The molecule has 1 saturated heterocycles. The average Bonchev–Trinajstić information content (AvgIpc) is 2.29. The lowest BCUT2D eigenvalue weighted by atomic mass is 9.89. The fourth-order valence-electron chi connectivity index (χ4n) is 2.22. The van der Waals surface area contributed by atoms with E-state index in [4.69, 9.17) is 0 Å². The van der Waals surface area contributed by atoms with Crippen molar-refractivity contribution in [3.05, 3.63) is 35.4 Å². The minimum absolute atomic E-state index is 0.335. The van der Waals surface area contributed by atoms with Crippen LogP contribution in [-0.4, -0.2) is 19.3 Å². The molecule has 4 heteroatoms. The number of halogens is 3. The maximum Gasteiger partial charge on any atom is 0.393 e. The van der Waals surface area contributed by atoms with Crippen LogP contribution in [0.1, 0.15) is 29.9 Å². The zero-order chi connectivity index (χ0) is 12.3. The second-order valence-corrected chi connectivity index (χ2v) is 4.48. The van der Waals surface area contributed by atoms with Crippen LogP contribution in [0.15, 0.2) is 24.3 Å². The van der Waals surface area contributed by atoms with Crippen LogP contribution < -0.4 is 5.32 Å². The molecule has 0 unspecified atom stereocenters. The highest BCUT2D eigenvalue weighted by Crippen LogP contribution is 2.27. The third-order valence-electron chi connectivity index (χ3n) is 3.13. The van der Waals surface area contributed by atoms with Crippen LogP contribution in [0.2, 0.25) is 0 Å². The van der Waals surface area contributed by atoms with Gasteiger partial charge in [0, 0.05) is 13.1 Å². The minimum atomic E-state index is -4.12. The molecule has 0 N–H and O–H groups in total. The fourth-order valence-corrected chi connectivity index (χ4v) is 2.22.